The molecule has 1 aromatic carbocycles. The number of nitrogens with zero attached hydrogens (tertiary/aromatic N) is 1. The first kappa shape index (κ1) is 13.4. The van der Waals surface area contributed by atoms with E-state index in [-0.39, 0.29) is 17.0 Å². The molecule has 5 heteroatoms. The number of hydrogen-bond donors (Lipinski definition) is 2. The summed E-state index contributed by atoms with van der Waals surface area (Å²) in [5.74, 6) is 2.03. The molecule has 0 saturated heterocycles. The average Bonchev–Trinajstić information content (AvgIpc) is 2.80. The van der Waals surface area contributed by atoms with Crippen LogP contribution in [0, 0.1) is 23.2 Å². The third-order valence-electron chi connectivity index (χ3n) is 6.40. The summed E-state index contributed by atoms with van der Waals surface area (Å²) in [6.07, 6.45) is 6.71. The zero-order valence-corrected chi connectivity index (χ0v) is 13.0. The van der Waals surface area contributed by atoms with Crippen molar-refractivity contribution in [3.8, 4) is 0 Å². The van der Waals surface area contributed by atoms with E-state index < -0.39 is 0 Å². The Bertz CT molecular complexity index is 841. The lowest BCUT2D eigenvalue weighted by atomic mass is 9.49. The molecule has 2 aromatic rings. The number of H-pyrrole nitrogens is 1. The lowest BCUT2D eigenvalue weighted by molar-refractivity contribution is -0.0400. The molecule has 4 aliphatic carbocycles. The summed E-state index contributed by atoms with van der Waals surface area (Å²) in [4.78, 5) is 28.6. The van der Waals surface area contributed by atoms with Crippen molar-refractivity contribution in [3.63, 3.8) is 0 Å². The van der Waals surface area contributed by atoms with Crippen molar-refractivity contribution >= 4 is 22.6 Å². The van der Waals surface area contributed by atoms with E-state index in [2.05, 4.69) is 4.98 Å². The van der Waals surface area contributed by atoms with Gasteiger partial charge < -0.3 is 10.7 Å². The van der Waals surface area contributed by atoms with E-state index in [9.17, 15) is 9.59 Å². The maximum Gasteiger partial charge on any atom is 0.333 e. The van der Waals surface area contributed by atoms with Gasteiger partial charge in [0.1, 0.15) is 0 Å². The van der Waals surface area contributed by atoms with E-state index in [4.69, 9.17) is 5.73 Å². The molecule has 0 amide bonds. The molecule has 0 unspecified atom stereocenters. The summed E-state index contributed by atoms with van der Waals surface area (Å²) in [6.45, 7) is 0. The Balaban J connectivity index is 1.65. The Morgan fingerprint density at radius 1 is 1.13 bits per heavy atom. The van der Waals surface area contributed by atoms with Crippen molar-refractivity contribution in [3.05, 3.63) is 28.7 Å². The summed E-state index contributed by atoms with van der Waals surface area (Å²) in [5.41, 5.74) is 7.10. The number of carbonyl (C=O) groups excluding carboxylic acids is 1. The Hall–Kier alpha value is -2.04. The molecular formula is C18H21N3O2. The summed E-state index contributed by atoms with van der Waals surface area (Å²) >= 11 is 0. The van der Waals surface area contributed by atoms with Gasteiger partial charge in [0.2, 0.25) is 5.91 Å². The maximum atomic E-state index is 13.4. The van der Waals surface area contributed by atoms with Crippen LogP contribution in [0.4, 0.5) is 5.69 Å². The standard InChI is InChI=1S/C18H21N3O2/c19-13-1-2-14-15(6-13)21(17(23)20-14)16(22)18-7-10-3-11(8-18)5-12(4-10)9-18/h1-2,6,10-12H,3-5,7-9,19H2,(H,20,23). The zero-order valence-electron chi connectivity index (χ0n) is 13.0. The maximum absolute atomic E-state index is 13.4. The number of anilines is 1. The quantitative estimate of drug-likeness (QED) is 0.795. The Morgan fingerprint density at radius 2 is 1.74 bits per heavy atom. The van der Waals surface area contributed by atoms with Crippen LogP contribution in [-0.2, 0) is 0 Å². The molecular weight excluding hydrogens is 290 g/mol. The molecule has 4 saturated carbocycles. The van der Waals surface area contributed by atoms with Crippen LogP contribution in [0.15, 0.2) is 23.0 Å². The molecule has 3 N–H and O–H groups in total. The van der Waals surface area contributed by atoms with Crippen LogP contribution in [0.2, 0.25) is 0 Å². The van der Waals surface area contributed by atoms with Gasteiger partial charge in [-0.2, -0.15) is 0 Å². The van der Waals surface area contributed by atoms with E-state index >= 15 is 0 Å². The number of hydrogen-bond acceptors (Lipinski definition) is 3. The van der Waals surface area contributed by atoms with Crippen LogP contribution >= 0.6 is 0 Å². The molecule has 0 atom stereocenters. The van der Waals surface area contributed by atoms with Crippen LogP contribution in [0.5, 0.6) is 0 Å². The number of rotatable bonds is 1. The van der Waals surface area contributed by atoms with Gasteiger partial charge in [0.25, 0.3) is 0 Å². The Kier molecular flexibility index (Phi) is 2.49. The molecule has 1 aromatic heterocycles. The smallest absolute Gasteiger partial charge is 0.333 e. The fraction of sp³-hybridized carbons (Fsp3) is 0.556. The normalized spacial score (nSPS) is 35.0. The van der Waals surface area contributed by atoms with Crippen molar-refractivity contribution in [2.75, 3.05) is 5.73 Å². The number of nitrogens with one attached hydrogen (secondary N) is 1. The molecule has 0 aliphatic heterocycles. The second-order valence-corrected chi connectivity index (χ2v) is 8.05. The van der Waals surface area contributed by atoms with Gasteiger partial charge in [0.15, 0.2) is 0 Å². The van der Waals surface area contributed by atoms with E-state index in [0.717, 1.165) is 19.3 Å². The summed E-state index contributed by atoms with van der Waals surface area (Å²) in [5, 5.41) is 0. The van der Waals surface area contributed by atoms with Gasteiger partial charge in [0.05, 0.1) is 16.4 Å². The number of aromatic nitrogens is 2. The fourth-order valence-electron chi connectivity index (χ4n) is 5.93. The number of nitrogens with two attached hydrogens (primary N) is 1. The zero-order chi connectivity index (χ0) is 15.8. The minimum Gasteiger partial charge on any atom is -0.399 e. The average molecular weight is 311 g/mol. The summed E-state index contributed by atoms with van der Waals surface area (Å²) in [7, 11) is 0. The minimum atomic E-state index is -0.327. The molecule has 6 rings (SSSR count). The molecule has 4 fully saturated rings. The highest BCUT2D eigenvalue weighted by Crippen LogP contribution is 2.60. The first-order chi connectivity index (χ1) is 11.0. The van der Waals surface area contributed by atoms with Crippen molar-refractivity contribution in [2.24, 2.45) is 23.2 Å². The van der Waals surface area contributed by atoms with Crippen molar-refractivity contribution in [1.82, 2.24) is 9.55 Å². The largest absolute Gasteiger partial charge is 0.399 e. The first-order valence-corrected chi connectivity index (χ1v) is 8.59. The first-order valence-electron chi connectivity index (χ1n) is 8.59. The van der Waals surface area contributed by atoms with Crippen molar-refractivity contribution in [1.29, 1.82) is 0 Å². The van der Waals surface area contributed by atoms with Gasteiger partial charge in [-0.3, -0.25) is 4.79 Å². The van der Waals surface area contributed by atoms with Crippen molar-refractivity contribution in [2.45, 2.75) is 38.5 Å². The number of benzene rings is 1. The number of fused-ring (bicyclic) bond motifs is 1. The third kappa shape index (κ3) is 1.79. The van der Waals surface area contributed by atoms with Gasteiger partial charge in [-0.1, -0.05) is 0 Å². The Morgan fingerprint density at radius 3 is 2.35 bits per heavy atom. The van der Waals surface area contributed by atoms with Gasteiger partial charge in [-0.15, -0.1) is 0 Å². The molecule has 120 valence electrons. The van der Waals surface area contributed by atoms with E-state index in [0.29, 0.717) is 34.5 Å². The summed E-state index contributed by atoms with van der Waals surface area (Å²) in [6, 6.07) is 5.25. The van der Waals surface area contributed by atoms with Gasteiger partial charge in [-0.25, -0.2) is 9.36 Å². The van der Waals surface area contributed by atoms with E-state index in [1.54, 1.807) is 18.2 Å². The van der Waals surface area contributed by atoms with Gasteiger partial charge >= 0.3 is 5.69 Å². The molecule has 1 heterocycles. The van der Waals surface area contributed by atoms with E-state index in [1.807, 2.05) is 0 Å². The topological polar surface area (TPSA) is 80.9 Å². The van der Waals surface area contributed by atoms with Crippen LogP contribution in [0.1, 0.15) is 43.3 Å². The molecule has 4 bridgehead atoms. The predicted octanol–water partition coefficient (Wildman–Crippen LogP) is 2.77. The van der Waals surface area contributed by atoms with Crippen molar-refractivity contribution < 1.29 is 4.79 Å². The highest BCUT2D eigenvalue weighted by Gasteiger charge is 2.55. The number of aromatic amines is 1. The van der Waals surface area contributed by atoms with Crippen LogP contribution in [-0.4, -0.2) is 15.5 Å². The van der Waals surface area contributed by atoms with Gasteiger partial charge in [0, 0.05) is 5.69 Å². The monoisotopic (exact) mass is 311 g/mol. The molecule has 0 spiro atoms. The second-order valence-electron chi connectivity index (χ2n) is 8.05. The number of imidazole rings is 1. The number of carbonyl (C=O) groups is 1. The lowest BCUT2D eigenvalue weighted by Gasteiger charge is -2.55. The lowest BCUT2D eigenvalue weighted by Crippen LogP contribution is -2.52. The predicted molar refractivity (Wildman–Crippen MR) is 88.2 cm³/mol. The second kappa shape index (κ2) is 4.28. The highest BCUT2D eigenvalue weighted by molar-refractivity contribution is 5.94. The highest BCUT2D eigenvalue weighted by atomic mass is 16.2. The Labute approximate surface area is 133 Å². The minimum absolute atomic E-state index is 0.00144. The van der Waals surface area contributed by atoms with Crippen LogP contribution in [0.25, 0.3) is 11.0 Å². The van der Waals surface area contributed by atoms with E-state index in [1.165, 1.54) is 23.8 Å². The van der Waals surface area contributed by atoms with Crippen LogP contribution < -0.4 is 11.4 Å². The SMILES string of the molecule is Nc1ccc2[nH]c(=O)n(C(=O)C34CC5CC(CC(C5)C3)C4)c2c1. The molecule has 5 nitrogen and oxygen atoms in total. The number of nitrogen functional groups attached to an aromatic ring is 1. The molecule has 23 heavy (non-hydrogen) atoms. The summed E-state index contributed by atoms with van der Waals surface area (Å²) < 4.78 is 1.36. The third-order valence-corrected chi connectivity index (χ3v) is 6.40. The van der Waals surface area contributed by atoms with Crippen LogP contribution in [0.3, 0.4) is 0 Å². The molecule has 0 radical (unpaired) electrons. The van der Waals surface area contributed by atoms with Gasteiger partial charge in [-0.05, 0) is 74.5 Å². The fourth-order valence-corrected chi connectivity index (χ4v) is 5.93. The molecule has 4 aliphatic rings.